The second-order valence-electron chi connectivity index (χ2n) is 6.84. The van der Waals surface area contributed by atoms with Crippen LogP contribution in [0.25, 0.3) is 5.69 Å². The zero-order valence-electron chi connectivity index (χ0n) is 17.0. The largest absolute Gasteiger partial charge is 0.465 e. The van der Waals surface area contributed by atoms with E-state index >= 15 is 0 Å². The summed E-state index contributed by atoms with van der Waals surface area (Å²) in [6.07, 6.45) is 0. The molecule has 3 aromatic rings. The van der Waals surface area contributed by atoms with Crippen molar-refractivity contribution in [3.8, 4) is 5.69 Å². The molecule has 31 heavy (non-hydrogen) atoms. The number of aromatic nitrogens is 2. The lowest BCUT2D eigenvalue weighted by Crippen LogP contribution is -2.41. The summed E-state index contributed by atoms with van der Waals surface area (Å²) >= 11 is 1.40. The predicted octanol–water partition coefficient (Wildman–Crippen LogP) is 3.04. The minimum Gasteiger partial charge on any atom is -0.465 e. The minimum atomic E-state index is -0.552. The van der Waals surface area contributed by atoms with Crippen LogP contribution in [0.5, 0.6) is 0 Å². The molecule has 0 bridgehead atoms. The highest BCUT2D eigenvalue weighted by Gasteiger charge is 2.32. The van der Waals surface area contributed by atoms with Crippen LogP contribution < -0.4 is 10.2 Å². The Morgan fingerprint density at radius 2 is 1.84 bits per heavy atom. The first-order chi connectivity index (χ1) is 15.0. The van der Waals surface area contributed by atoms with Gasteiger partial charge in [-0.25, -0.2) is 9.48 Å². The summed E-state index contributed by atoms with van der Waals surface area (Å²) in [5, 5.41) is 8.12. The van der Waals surface area contributed by atoms with Crippen molar-refractivity contribution in [2.24, 2.45) is 0 Å². The number of amides is 2. The van der Waals surface area contributed by atoms with Gasteiger partial charge in [-0.05, 0) is 31.2 Å². The van der Waals surface area contributed by atoms with Crippen molar-refractivity contribution < 1.29 is 19.1 Å². The van der Waals surface area contributed by atoms with Gasteiger partial charge in [0.05, 0.1) is 41.2 Å². The van der Waals surface area contributed by atoms with E-state index in [9.17, 15) is 14.4 Å². The number of methoxy groups -OCH3 is 1. The summed E-state index contributed by atoms with van der Waals surface area (Å²) < 4.78 is 6.55. The Kier molecular flexibility index (Phi) is 5.77. The molecular formula is C22H20N4O4S. The number of hydrogen-bond acceptors (Lipinski definition) is 6. The third kappa shape index (κ3) is 4.04. The van der Waals surface area contributed by atoms with E-state index in [0.29, 0.717) is 17.1 Å². The number of fused-ring (bicyclic) bond motifs is 1. The monoisotopic (exact) mass is 436 g/mol. The van der Waals surface area contributed by atoms with Crippen molar-refractivity contribution in [1.82, 2.24) is 9.78 Å². The zero-order valence-corrected chi connectivity index (χ0v) is 17.8. The molecule has 2 aromatic carbocycles. The lowest BCUT2D eigenvalue weighted by molar-refractivity contribution is -0.120. The Morgan fingerprint density at radius 1 is 1.13 bits per heavy atom. The van der Waals surface area contributed by atoms with Crippen molar-refractivity contribution in [1.29, 1.82) is 0 Å². The Bertz CT molecular complexity index is 1160. The number of nitrogens with zero attached hydrogens (tertiary/aromatic N) is 3. The topological polar surface area (TPSA) is 93.5 Å². The molecule has 1 aliphatic heterocycles. The summed E-state index contributed by atoms with van der Waals surface area (Å²) in [6, 6.07) is 16.2. The van der Waals surface area contributed by atoms with Crippen LogP contribution in [0.1, 0.15) is 16.1 Å². The number of hydrogen-bond donors (Lipinski definition) is 1. The fourth-order valence-electron chi connectivity index (χ4n) is 3.40. The maximum atomic E-state index is 12.8. The van der Waals surface area contributed by atoms with Gasteiger partial charge in [-0.3, -0.25) is 14.5 Å². The molecule has 0 spiro atoms. The number of carbonyl (C=O) groups excluding carboxylic acids is 3. The molecule has 0 saturated heterocycles. The van der Waals surface area contributed by atoms with Crippen LogP contribution in [0, 0.1) is 6.92 Å². The molecule has 4 rings (SSSR count). The highest BCUT2D eigenvalue weighted by molar-refractivity contribution is 8.00. The van der Waals surface area contributed by atoms with Crippen LogP contribution in [-0.2, 0) is 14.3 Å². The Morgan fingerprint density at radius 3 is 2.58 bits per heavy atom. The van der Waals surface area contributed by atoms with Gasteiger partial charge >= 0.3 is 5.97 Å². The molecular weight excluding hydrogens is 416 g/mol. The van der Waals surface area contributed by atoms with Gasteiger partial charge in [0.15, 0.2) is 0 Å². The van der Waals surface area contributed by atoms with Gasteiger partial charge in [0.25, 0.3) is 0 Å². The third-order valence-corrected chi connectivity index (χ3v) is 5.83. The van der Waals surface area contributed by atoms with Crippen molar-refractivity contribution in [2.45, 2.75) is 11.9 Å². The quantitative estimate of drug-likeness (QED) is 0.618. The van der Waals surface area contributed by atoms with Crippen LogP contribution in [0.3, 0.4) is 0 Å². The van der Waals surface area contributed by atoms with Crippen LogP contribution >= 0.6 is 11.8 Å². The fraction of sp³-hybridized carbons (Fsp3) is 0.182. The van der Waals surface area contributed by atoms with Gasteiger partial charge in [-0.2, -0.15) is 5.10 Å². The molecule has 1 N–H and O–H groups in total. The van der Waals surface area contributed by atoms with E-state index in [0.717, 1.165) is 10.7 Å². The van der Waals surface area contributed by atoms with E-state index in [1.807, 2.05) is 37.3 Å². The van der Waals surface area contributed by atoms with E-state index < -0.39 is 11.9 Å². The molecule has 0 aliphatic carbocycles. The van der Waals surface area contributed by atoms with Gasteiger partial charge in [-0.15, -0.1) is 0 Å². The lowest BCUT2D eigenvalue weighted by Gasteiger charge is -2.27. The number of rotatable bonds is 5. The molecule has 0 atom stereocenters. The number of esters is 1. The molecule has 1 aliphatic rings. The normalized spacial score (nSPS) is 13.0. The number of carbonyl (C=O) groups is 3. The van der Waals surface area contributed by atoms with Crippen molar-refractivity contribution in [3.05, 3.63) is 65.9 Å². The van der Waals surface area contributed by atoms with Gasteiger partial charge in [0, 0.05) is 0 Å². The van der Waals surface area contributed by atoms with Crippen LogP contribution in [0.4, 0.5) is 11.4 Å². The van der Waals surface area contributed by atoms with Crippen molar-refractivity contribution in [2.75, 3.05) is 29.6 Å². The number of anilines is 2. The zero-order chi connectivity index (χ0) is 22.0. The van der Waals surface area contributed by atoms with Gasteiger partial charge in [0.2, 0.25) is 11.8 Å². The third-order valence-electron chi connectivity index (χ3n) is 4.80. The predicted molar refractivity (Wildman–Crippen MR) is 118 cm³/mol. The maximum absolute atomic E-state index is 12.8. The number of aryl methyl sites for hydroxylation is 1. The second-order valence-corrected chi connectivity index (χ2v) is 7.80. The highest BCUT2D eigenvalue weighted by Crippen LogP contribution is 2.39. The Labute approximate surface area is 183 Å². The smallest absolute Gasteiger partial charge is 0.339 e. The van der Waals surface area contributed by atoms with E-state index in [-0.39, 0.29) is 23.8 Å². The summed E-state index contributed by atoms with van der Waals surface area (Å²) in [5.74, 6) is -0.945. The van der Waals surface area contributed by atoms with Gasteiger partial charge < -0.3 is 10.1 Å². The molecule has 0 fully saturated rings. The molecule has 2 heterocycles. The van der Waals surface area contributed by atoms with E-state index in [4.69, 9.17) is 4.74 Å². The number of ether oxygens (including phenoxy) is 1. The molecule has 0 radical (unpaired) electrons. The van der Waals surface area contributed by atoms with E-state index in [1.165, 1.54) is 23.8 Å². The number of thioether (sulfide) groups is 1. The maximum Gasteiger partial charge on any atom is 0.339 e. The molecule has 9 heteroatoms. The molecule has 158 valence electrons. The standard InChI is InChI=1S/C22H20N4O4S/c1-14-20-21(26(24-14)15-8-4-3-5-9-15)31-13-19(28)25(20)12-18(27)23-17-11-7-6-10-16(17)22(29)30-2/h3-11H,12-13H2,1-2H3,(H,23,27). The van der Waals surface area contributed by atoms with Crippen molar-refractivity contribution >= 4 is 40.9 Å². The SMILES string of the molecule is COC(=O)c1ccccc1NC(=O)CN1C(=O)CSc2c1c(C)nn2-c1ccccc1. The van der Waals surface area contributed by atoms with Crippen molar-refractivity contribution in [3.63, 3.8) is 0 Å². The number of benzene rings is 2. The first-order valence-corrected chi connectivity index (χ1v) is 10.5. The summed E-state index contributed by atoms with van der Waals surface area (Å²) in [6.45, 7) is 1.62. The molecule has 8 nitrogen and oxygen atoms in total. The highest BCUT2D eigenvalue weighted by atomic mass is 32.2. The minimum absolute atomic E-state index is 0.176. The van der Waals surface area contributed by atoms with E-state index in [2.05, 4.69) is 10.4 Å². The first kappa shape index (κ1) is 20.7. The van der Waals surface area contributed by atoms with E-state index in [1.54, 1.807) is 28.9 Å². The number of nitrogens with one attached hydrogen (secondary N) is 1. The fourth-order valence-corrected chi connectivity index (χ4v) is 4.47. The number of para-hydroxylation sites is 2. The van der Waals surface area contributed by atoms with Crippen LogP contribution in [0.15, 0.2) is 59.6 Å². The summed E-state index contributed by atoms with van der Waals surface area (Å²) in [4.78, 5) is 38.9. The molecule has 1 aromatic heterocycles. The summed E-state index contributed by atoms with van der Waals surface area (Å²) in [7, 11) is 1.28. The Balaban J connectivity index is 1.61. The molecule has 2 amide bonds. The van der Waals surface area contributed by atoms with Crippen LogP contribution in [0.2, 0.25) is 0 Å². The van der Waals surface area contributed by atoms with Gasteiger partial charge in [-0.1, -0.05) is 42.1 Å². The average molecular weight is 436 g/mol. The second kappa shape index (κ2) is 8.65. The van der Waals surface area contributed by atoms with Gasteiger partial charge in [0.1, 0.15) is 11.6 Å². The molecule has 0 saturated carbocycles. The molecule has 0 unspecified atom stereocenters. The van der Waals surface area contributed by atoms with Crippen LogP contribution in [-0.4, -0.2) is 47.0 Å². The lowest BCUT2D eigenvalue weighted by atomic mass is 10.2. The average Bonchev–Trinajstić information content (AvgIpc) is 3.12. The first-order valence-electron chi connectivity index (χ1n) is 9.55. The Hall–Kier alpha value is -3.59. The summed E-state index contributed by atoms with van der Waals surface area (Å²) in [5.41, 5.74) is 2.73.